The number of amides is 2. The summed E-state index contributed by atoms with van der Waals surface area (Å²) < 4.78 is 0. The molecule has 2 amide bonds. The molecule has 3 aromatic carbocycles. The first-order valence-electron chi connectivity index (χ1n) is 10.9. The monoisotopic (exact) mass is 415 g/mol. The van der Waals surface area contributed by atoms with Crippen molar-refractivity contribution in [1.29, 1.82) is 0 Å². The molecule has 0 unspecified atom stereocenters. The van der Waals surface area contributed by atoms with E-state index in [0.717, 1.165) is 59.2 Å². The minimum absolute atomic E-state index is 0.0172. The molecule has 0 radical (unpaired) electrons. The van der Waals surface area contributed by atoms with Crippen LogP contribution in [0.5, 0.6) is 0 Å². The molecule has 1 fully saturated rings. The number of benzene rings is 3. The summed E-state index contributed by atoms with van der Waals surface area (Å²) in [6.07, 6.45) is 1.52. The van der Waals surface area contributed by atoms with Gasteiger partial charge < -0.3 is 10.6 Å². The molecule has 31 heavy (non-hydrogen) atoms. The van der Waals surface area contributed by atoms with Gasteiger partial charge in [-0.2, -0.15) is 0 Å². The first-order chi connectivity index (χ1) is 15.0. The first kappa shape index (κ1) is 21.1. The second-order valence-corrected chi connectivity index (χ2v) is 8.38. The quantitative estimate of drug-likeness (QED) is 0.632. The molecule has 1 aliphatic rings. The van der Waals surface area contributed by atoms with E-state index < -0.39 is 0 Å². The molecule has 2 N–H and O–H groups in total. The van der Waals surface area contributed by atoms with E-state index in [1.807, 2.05) is 74.5 Å². The SMILES string of the molecule is Cc1cccc(C)c1NC(=O)C1CCN(CC(=O)Nc2cccc3ccccc23)CC1. The standard InChI is InChI=1S/C26H29N3O2/c1-18-7-5-8-19(2)25(18)28-26(31)21-13-15-29(16-14-21)17-24(30)27-23-12-6-10-20-9-3-4-11-22(20)23/h3-12,21H,13-17H2,1-2H3,(H,27,30)(H,28,31). The van der Waals surface area contributed by atoms with Crippen LogP contribution < -0.4 is 10.6 Å². The van der Waals surface area contributed by atoms with E-state index in [-0.39, 0.29) is 17.7 Å². The van der Waals surface area contributed by atoms with Crippen molar-refractivity contribution >= 4 is 34.0 Å². The summed E-state index contributed by atoms with van der Waals surface area (Å²) in [6.45, 7) is 5.86. The zero-order valence-corrected chi connectivity index (χ0v) is 18.2. The number of fused-ring (bicyclic) bond motifs is 1. The largest absolute Gasteiger partial charge is 0.325 e. The van der Waals surface area contributed by atoms with Gasteiger partial charge in [0.15, 0.2) is 0 Å². The van der Waals surface area contributed by atoms with Crippen LogP contribution in [0.2, 0.25) is 0 Å². The predicted octanol–water partition coefficient (Wildman–Crippen LogP) is 4.75. The summed E-state index contributed by atoms with van der Waals surface area (Å²) in [7, 11) is 0. The third kappa shape index (κ3) is 4.94. The maximum Gasteiger partial charge on any atom is 0.238 e. The van der Waals surface area contributed by atoms with Gasteiger partial charge in [0.2, 0.25) is 11.8 Å². The van der Waals surface area contributed by atoms with E-state index in [0.29, 0.717) is 6.54 Å². The zero-order chi connectivity index (χ0) is 21.8. The van der Waals surface area contributed by atoms with Crippen molar-refractivity contribution in [3.63, 3.8) is 0 Å². The van der Waals surface area contributed by atoms with Crippen molar-refractivity contribution in [2.45, 2.75) is 26.7 Å². The van der Waals surface area contributed by atoms with Crippen LogP contribution in [0.3, 0.4) is 0 Å². The molecular weight excluding hydrogens is 386 g/mol. The molecule has 1 heterocycles. The summed E-state index contributed by atoms with van der Waals surface area (Å²) in [6, 6.07) is 20.0. The van der Waals surface area contributed by atoms with E-state index in [1.54, 1.807) is 0 Å². The molecule has 0 bridgehead atoms. The smallest absolute Gasteiger partial charge is 0.238 e. The maximum absolute atomic E-state index is 12.8. The number of nitrogens with one attached hydrogen (secondary N) is 2. The number of likely N-dealkylation sites (tertiary alicyclic amines) is 1. The Labute approximate surface area is 183 Å². The first-order valence-corrected chi connectivity index (χ1v) is 10.9. The molecule has 0 aromatic heterocycles. The maximum atomic E-state index is 12.8. The number of carbonyl (C=O) groups is 2. The number of anilines is 2. The summed E-state index contributed by atoms with van der Waals surface area (Å²) >= 11 is 0. The normalized spacial score (nSPS) is 15.0. The minimum atomic E-state index is -0.0187. The summed E-state index contributed by atoms with van der Waals surface area (Å²) in [5.41, 5.74) is 3.92. The lowest BCUT2D eigenvalue weighted by Crippen LogP contribution is -2.41. The zero-order valence-electron chi connectivity index (χ0n) is 18.2. The van der Waals surface area contributed by atoms with E-state index in [9.17, 15) is 9.59 Å². The van der Waals surface area contributed by atoms with Crippen LogP contribution >= 0.6 is 0 Å². The average Bonchev–Trinajstić information content (AvgIpc) is 2.77. The number of piperidine rings is 1. The topological polar surface area (TPSA) is 61.4 Å². The minimum Gasteiger partial charge on any atom is -0.325 e. The lowest BCUT2D eigenvalue weighted by atomic mass is 9.95. The fraction of sp³-hybridized carbons (Fsp3) is 0.308. The number of hydrogen-bond donors (Lipinski definition) is 2. The highest BCUT2D eigenvalue weighted by atomic mass is 16.2. The van der Waals surface area contributed by atoms with Gasteiger partial charge in [-0.3, -0.25) is 14.5 Å². The number of carbonyl (C=O) groups excluding carboxylic acids is 2. The van der Waals surface area contributed by atoms with Crippen LogP contribution in [-0.4, -0.2) is 36.3 Å². The fourth-order valence-corrected chi connectivity index (χ4v) is 4.32. The van der Waals surface area contributed by atoms with Crippen LogP contribution in [0, 0.1) is 19.8 Å². The van der Waals surface area contributed by atoms with E-state index >= 15 is 0 Å². The average molecular weight is 416 g/mol. The second-order valence-electron chi connectivity index (χ2n) is 8.38. The lowest BCUT2D eigenvalue weighted by molar-refractivity contribution is -0.121. The number of rotatable bonds is 5. The summed E-state index contributed by atoms with van der Waals surface area (Å²) in [4.78, 5) is 27.5. The third-order valence-corrected chi connectivity index (χ3v) is 6.12. The third-order valence-electron chi connectivity index (χ3n) is 6.12. The number of para-hydroxylation sites is 1. The molecule has 0 atom stereocenters. The van der Waals surface area contributed by atoms with E-state index in [2.05, 4.69) is 15.5 Å². The Bertz CT molecular complexity index is 1080. The van der Waals surface area contributed by atoms with Gasteiger partial charge in [-0.1, -0.05) is 54.6 Å². The Morgan fingerprint density at radius 3 is 2.26 bits per heavy atom. The molecule has 0 aliphatic carbocycles. The van der Waals surface area contributed by atoms with Crippen LogP contribution in [0.15, 0.2) is 60.7 Å². The molecule has 5 heteroatoms. The molecule has 5 nitrogen and oxygen atoms in total. The highest BCUT2D eigenvalue weighted by Gasteiger charge is 2.26. The molecule has 4 rings (SSSR count). The summed E-state index contributed by atoms with van der Waals surface area (Å²) in [5.74, 6) is 0.0448. The Kier molecular flexibility index (Phi) is 6.33. The van der Waals surface area contributed by atoms with Crippen LogP contribution in [0.25, 0.3) is 10.8 Å². The second kappa shape index (κ2) is 9.31. The van der Waals surface area contributed by atoms with E-state index in [1.165, 1.54) is 0 Å². The molecule has 0 spiro atoms. The molecular formula is C26H29N3O2. The van der Waals surface area contributed by atoms with Crippen molar-refractivity contribution in [3.05, 3.63) is 71.8 Å². The van der Waals surface area contributed by atoms with Gasteiger partial charge >= 0.3 is 0 Å². The molecule has 1 aliphatic heterocycles. The number of aryl methyl sites for hydroxylation is 2. The number of hydrogen-bond acceptors (Lipinski definition) is 3. The van der Waals surface area contributed by atoms with Gasteiger partial charge in [0, 0.05) is 22.7 Å². The van der Waals surface area contributed by atoms with Crippen LogP contribution in [0.1, 0.15) is 24.0 Å². The van der Waals surface area contributed by atoms with Gasteiger partial charge in [0.05, 0.1) is 6.54 Å². The van der Waals surface area contributed by atoms with Crippen LogP contribution in [-0.2, 0) is 9.59 Å². The Balaban J connectivity index is 1.30. The molecule has 1 saturated heterocycles. The van der Waals surface area contributed by atoms with Gasteiger partial charge in [-0.25, -0.2) is 0 Å². The van der Waals surface area contributed by atoms with Crippen molar-refractivity contribution in [1.82, 2.24) is 4.90 Å². The summed E-state index contributed by atoms with van der Waals surface area (Å²) in [5, 5.41) is 8.32. The predicted molar refractivity (Wildman–Crippen MR) is 126 cm³/mol. The Morgan fingerprint density at radius 1 is 0.871 bits per heavy atom. The van der Waals surface area contributed by atoms with Gasteiger partial charge in [-0.15, -0.1) is 0 Å². The van der Waals surface area contributed by atoms with Crippen molar-refractivity contribution in [2.75, 3.05) is 30.3 Å². The Hall–Kier alpha value is -3.18. The molecule has 3 aromatic rings. The Morgan fingerprint density at radius 2 is 1.52 bits per heavy atom. The van der Waals surface area contributed by atoms with Crippen molar-refractivity contribution in [3.8, 4) is 0 Å². The fourth-order valence-electron chi connectivity index (χ4n) is 4.32. The number of nitrogens with zero attached hydrogens (tertiary/aromatic N) is 1. The molecule has 160 valence electrons. The van der Waals surface area contributed by atoms with Crippen molar-refractivity contribution in [2.24, 2.45) is 5.92 Å². The van der Waals surface area contributed by atoms with Crippen LogP contribution in [0.4, 0.5) is 11.4 Å². The van der Waals surface area contributed by atoms with Gasteiger partial charge in [-0.05, 0) is 62.4 Å². The van der Waals surface area contributed by atoms with Gasteiger partial charge in [0.1, 0.15) is 0 Å². The highest BCUT2D eigenvalue weighted by Crippen LogP contribution is 2.25. The highest BCUT2D eigenvalue weighted by molar-refractivity contribution is 6.02. The van der Waals surface area contributed by atoms with E-state index in [4.69, 9.17) is 0 Å². The van der Waals surface area contributed by atoms with Gasteiger partial charge in [0.25, 0.3) is 0 Å². The van der Waals surface area contributed by atoms with Crippen molar-refractivity contribution < 1.29 is 9.59 Å². The molecule has 0 saturated carbocycles. The lowest BCUT2D eigenvalue weighted by Gasteiger charge is -2.31.